The monoisotopic (exact) mass is 58.1 g/mol. The minimum atomic E-state index is 0. The molecule has 0 heterocycles. The molecule has 0 spiro atoms. The van der Waals surface area contributed by atoms with Crippen LogP contribution in [-0.4, -0.2) is 37.7 Å². The molecule has 0 aromatic heterocycles. The first-order valence-corrected chi connectivity index (χ1v) is 0.986. The van der Waals surface area contributed by atoms with Crippen LogP contribution in [0.2, 0.25) is 0 Å². The van der Waals surface area contributed by atoms with Crippen LogP contribution in [0, 0.1) is 0 Å². The fraction of sp³-hybridized carbons (Fsp3) is 0.333. The van der Waals surface area contributed by atoms with Crippen molar-refractivity contribution < 1.29 is 0 Å². The van der Waals surface area contributed by atoms with Crippen LogP contribution >= 0.6 is 0 Å². The van der Waals surface area contributed by atoms with E-state index in [4.69, 9.17) is 0 Å². The molecule has 0 fully saturated rings. The van der Waals surface area contributed by atoms with Gasteiger partial charge < -0.3 is 0 Å². The summed E-state index contributed by atoms with van der Waals surface area (Å²) in [5.41, 5.74) is 0. The second-order valence-electron chi connectivity index (χ2n) is 0.408. The molecule has 22 valence electrons. The van der Waals surface area contributed by atoms with Crippen LogP contribution in [0.3, 0.4) is 0 Å². The second-order valence-corrected chi connectivity index (χ2v) is 0.408. The Morgan fingerprint density at radius 3 is 1.40 bits per heavy atom. The molecule has 0 bridgehead atoms. The molecule has 0 aliphatic rings. The van der Waals surface area contributed by atoms with Gasteiger partial charge in [0.2, 0.25) is 0 Å². The number of rotatable bonds is 0. The van der Waals surface area contributed by atoms with Crippen molar-refractivity contribution >= 4 is 37.7 Å². The fourth-order valence-corrected chi connectivity index (χ4v) is 0. The van der Waals surface area contributed by atoms with E-state index in [0.29, 0.717) is 0 Å². The molecule has 0 aromatic carbocycles. The third-order valence-corrected chi connectivity index (χ3v) is 0. The molecule has 0 radical (unpaired) electrons. The Morgan fingerprint density at radius 2 is 1.40 bits per heavy atom. The van der Waals surface area contributed by atoms with Crippen molar-refractivity contribution in [1.82, 2.24) is 0 Å². The molecule has 0 aliphatic heterocycles. The van der Waals surface area contributed by atoms with Gasteiger partial charge in [0.15, 0.2) is 0 Å². The van der Waals surface area contributed by atoms with Crippen molar-refractivity contribution in [2.24, 2.45) is 0 Å². The summed E-state index contributed by atoms with van der Waals surface area (Å²) >= 11 is 0. The Balaban J connectivity index is -0.0000000200. The molecule has 2 heteroatoms. The number of allylic oxidation sites excluding steroid dienone is 1. The zero-order chi connectivity index (χ0) is 2.71. The predicted octanol–water partition coefficient (Wildman–Crippen LogP) is -0.105. The Labute approximate surface area is 57.4 Å². The fourth-order valence-electron chi connectivity index (χ4n) is 0. The van der Waals surface area contributed by atoms with Crippen LogP contribution in [-0.2, 0) is 0 Å². The molecule has 0 N–H and O–H groups in total. The van der Waals surface area contributed by atoms with Gasteiger partial charge in [0.05, 0.1) is 0 Å². The SMILES string of the molecule is C=CC.[LiH].[LiH]. The Morgan fingerprint density at radius 1 is 1.40 bits per heavy atom. The van der Waals surface area contributed by atoms with Gasteiger partial charge in [-0.3, -0.25) is 0 Å². The first-order chi connectivity index (χ1) is 1.41. The van der Waals surface area contributed by atoms with E-state index in [1.165, 1.54) is 0 Å². The van der Waals surface area contributed by atoms with Gasteiger partial charge in [-0.1, -0.05) is 6.08 Å². The number of hydrogen-bond donors (Lipinski definition) is 0. The molecule has 0 saturated carbocycles. The van der Waals surface area contributed by atoms with Gasteiger partial charge in [0.1, 0.15) is 0 Å². The molecular weight excluding hydrogens is 49.9 g/mol. The van der Waals surface area contributed by atoms with Gasteiger partial charge in [0.25, 0.3) is 0 Å². The summed E-state index contributed by atoms with van der Waals surface area (Å²) in [5.74, 6) is 0. The van der Waals surface area contributed by atoms with Crippen LogP contribution in [0.1, 0.15) is 6.92 Å². The topological polar surface area (TPSA) is 0 Å². The Hall–Kier alpha value is 0.935. The van der Waals surface area contributed by atoms with Crippen molar-refractivity contribution in [3.8, 4) is 0 Å². The summed E-state index contributed by atoms with van der Waals surface area (Å²) in [4.78, 5) is 0. The minimum absolute atomic E-state index is 0. The Bertz CT molecular complexity index is 12.4. The van der Waals surface area contributed by atoms with E-state index in [1.807, 2.05) is 6.92 Å². The molecule has 5 heavy (non-hydrogen) atoms. The normalized spacial score (nSPS) is 2.60. The summed E-state index contributed by atoms with van der Waals surface area (Å²) in [6.45, 7) is 5.25. The van der Waals surface area contributed by atoms with E-state index >= 15 is 0 Å². The summed E-state index contributed by atoms with van der Waals surface area (Å²) in [6.07, 6.45) is 1.75. The van der Waals surface area contributed by atoms with E-state index in [-0.39, 0.29) is 37.7 Å². The predicted molar refractivity (Wildman–Crippen MR) is 30.2 cm³/mol. The van der Waals surface area contributed by atoms with E-state index in [2.05, 4.69) is 6.58 Å². The summed E-state index contributed by atoms with van der Waals surface area (Å²) in [6, 6.07) is 0. The zero-order valence-corrected chi connectivity index (χ0v) is 2.28. The Kier molecular flexibility index (Phi) is 68.5. The molecule has 0 saturated heterocycles. The average Bonchev–Trinajstić information content (AvgIpc) is 0.918. The molecule has 0 rings (SSSR count). The summed E-state index contributed by atoms with van der Waals surface area (Å²) in [5, 5.41) is 0. The number of hydrogen-bond acceptors (Lipinski definition) is 0. The molecule has 0 amide bonds. The molecule has 0 aliphatic carbocycles. The third kappa shape index (κ3) is 48.6. The van der Waals surface area contributed by atoms with Gasteiger partial charge in [0, 0.05) is 0 Å². The molecule has 0 nitrogen and oxygen atoms in total. The molecular formula is C3H8Li2. The standard InChI is InChI=1S/C3H6.2Li.2H/c1-3-2;;;;/h3H,1H2,2H3;;;;. The van der Waals surface area contributed by atoms with Crippen molar-refractivity contribution in [3.63, 3.8) is 0 Å². The quantitative estimate of drug-likeness (QED) is 0.269. The summed E-state index contributed by atoms with van der Waals surface area (Å²) in [7, 11) is 0. The summed E-state index contributed by atoms with van der Waals surface area (Å²) < 4.78 is 0. The third-order valence-electron chi connectivity index (χ3n) is 0. The van der Waals surface area contributed by atoms with Crippen LogP contribution in [0.4, 0.5) is 0 Å². The van der Waals surface area contributed by atoms with Crippen LogP contribution in [0.5, 0.6) is 0 Å². The van der Waals surface area contributed by atoms with Crippen LogP contribution < -0.4 is 0 Å². The maximum atomic E-state index is 3.36. The first-order valence-electron chi connectivity index (χ1n) is 0.986. The van der Waals surface area contributed by atoms with Gasteiger partial charge in [-0.25, -0.2) is 0 Å². The van der Waals surface area contributed by atoms with Crippen molar-refractivity contribution in [2.75, 3.05) is 0 Å². The van der Waals surface area contributed by atoms with Crippen molar-refractivity contribution in [3.05, 3.63) is 12.7 Å². The van der Waals surface area contributed by atoms with Gasteiger partial charge in [-0.2, -0.15) is 0 Å². The molecule has 0 atom stereocenters. The van der Waals surface area contributed by atoms with Gasteiger partial charge in [-0.15, -0.1) is 6.58 Å². The van der Waals surface area contributed by atoms with Crippen molar-refractivity contribution in [1.29, 1.82) is 0 Å². The van der Waals surface area contributed by atoms with E-state index < -0.39 is 0 Å². The van der Waals surface area contributed by atoms with E-state index in [9.17, 15) is 0 Å². The maximum absolute atomic E-state index is 3.36. The van der Waals surface area contributed by atoms with Crippen LogP contribution in [0.15, 0.2) is 12.7 Å². The second kappa shape index (κ2) is 20.4. The zero-order valence-electron chi connectivity index (χ0n) is 2.28. The van der Waals surface area contributed by atoms with Crippen molar-refractivity contribution in [2.45, 2.75) is 6.92 Å². The van der Waals surface area contributed by atoms with Gasteiger partial charge in [-0.05, 0) is 6.92 Å². The molecule has 0 aromatic rings. The average molecular weight is 58.0 g/mol. The van der Waals surface area contributed by atoms with Gasteiger partial charge >= 0.3 is 37.7 Å². The molecule has 0 unspecified atom stereocenters. The van der Waals surface area contributed by atoms with Crippen LogP contribution in [0.25, 0.3) is 0 Å². The van der Waals surface area contributed by atoms with E-state index in [1.54, 1.807) is 6.08 Å². The van der Waals surface area contributed by atoms with E-state index in [0.717, 1.165) is 0 Å². The first kappa shape index (κ1) is 16.8.